The summed E-state index contributed by atoms with van der Waals surface area (Å²) in [4.78, 5) is 27.7. The van der Waals surface area contributed by atoms with Crippen LogP contribution in [0.1, 0.15) is 41.3 Å². The SMILES string of the molecule is CCc1ccc(C(=O)CCC(=O)NCc2ccncc2)cc1. The van der Waals surface area contributed by atoms with E-state index in [1.165, 1.54) is 5.56 Å². The lowest BCUT2D eigenvalue weighted by Crippen LogP contribution is -2.23. The maximum absolute atomic E-state index is 12.0. The van der Waals surface area contributed by atoms with Gasteiger partial charge in [0.2, 0.25) is 5.91 Å². The molecule has 0 fully saturated rings. The summed E-state index contributed by atoms with van der Waals surface area (Å²) in [5.74, 6) is -0.114. The molecule has 0 aliphatic carbocycles. The van der Waals surface area contributed by atoms with E-state index in [-0.39, 0.29) is 24.5 Å². The second kappa shape index (κ2) is 8.08. The topological polar surface area (TPSA) is 59.1 Å². The maximum atomic E-state index is 12.0. The highest BCUT2D eigenvalue weighted by Gasteiger charge is 2.09. The van der Waals surface area contributed by atoms with Gasteiger partial charge >= 0.3 is 0 Å². The Morgan fingerprint density at radius 1 is 0.955 bits per heavy atom. The van der Waals surface area contributed by atoms with Crippen LogP contribution in [0.25, 0.3) is 0 Å². The molecule has 0 bridgehead atoms. The summed E-state index contributed by atoms with van der Waals surface area (Å²) in [5, 5.41) is 2.81. The van der Waals surface area contributed by atoms with E-state index in [0.29, 0.717) is 12.1 Å². The molecule has 1 amide bonds. The fourth-order valence-corrected chi connectivity index (χ4v) is 2.09. The Hall–Kier alpha value is -2.49. The van der Waals surface area contributed by atoms with Gasteiger partial charge < -0.3 is 5.32 Å². The number of rotatable bonds is 7. The molecule has 0 atom stereocenters. The standard InChI is InChI=1S/C18H20N2O2/c1-2-14-3-5-16(6-4-14)17(21)7-8-18(22)20-13-15-9-11-19-12-10-15/h3-6,9-12H,2,7-8,13H2,1H3,(H,20,22). The van der Waals surface area contributed by atoms with Crippen molar-refractivity contribution in [2.75, 3.05) is 0 Å². The van der Waals surface area contributed by atoms with Crippen LogP contribution in [0.2, 0.25) is 0 Å². The van der Waals surface area contributed by atoms with Gasteiger partial charge in [-0.2, -0.15) is 0 Å². The minimum absolute atomic E-state index is 0.00159. The van der Waals surface area contributed by atoms with E-state index < -0.39 is 0 Å². The first-order chi connectivity index (χ1) is 10.7. The molecule has 4 nitrogen and oxygen atoms in total. The van der Waals surface area contributed by atoms with Gasteiger partial charge in [-0.25, -0.2) is 0 Å². The third kappa shape index (κ3) is 4.81. The van der Waals surface area contributed by atoms with Gasteiger partial charge in [-0.1, -0.05) is 31.2 Å². The van der Waals surface area contributed by atoms with E-state index in [1.807, 2.05) is 36.4 Å². The van der Waals surface area contributed by atoms with Crippen molar-refractivity contribution in [3.63, 3.8) is 0 Å². The minimum atomic E-state index is -0.115. The molecule has 1 aromatic carbocycles. The van der Waals surface area contributed by atoms with Crippen molar-refractivity contribution in [3.8, 4) is 0 Å². The van der Waals surface area contributed by atoms with Crippen LogP contribution in [0.4, 0.5) is 0 Å². The first-order valence-electron chi connectivity index (χ1n) is 7.46. The van der Waals surface area contributed by atoms with E-state index in [4.69, 9.17) is 0 Å². The van der Waals surface area contributed by atoms with Gasteiger partial charge in [-0.3, -0.25) is 14.6 Å². The molecule has 0 radical (unpaired) electrons. The molecule has 4 heteroatoms. The van der Waals surface area contributed by atoms with E-state index in [9.17, 15) is 9.59 Å². The van der Waals surface area contributed by atoms with Gasteiger partial charge in [0, 0.05) is 37.3 Å². The Morgan fingerprint density at radius 3 is 2.27 bits per heavy atom. The van der Waals surface area contributed by atoms with Gasteiger partial charge in [0.1, 0.15) is 0 Å². The summed E-state index contributed by atoms with van der Waals surface area (Å²) in [6.07, 6.45) is 4.76. The number of carbonyl (C=O) groups is 2. The quantitative estimate of drug-likeness (QED) is 0.799. The van der Waals surface area contributed by atoms with Crippen molar-refractivity contribution in [2.45, 2.75) is 32.7 Å². The highest BCUT2D eigenvalue weighted by Crippen LogP contribution is 2.09. The van der Waals surface area contributed by atoms with Crippen molar-refractivity contribution in [1.29, 1.82) is 0 Å². The zero-order chi connectivity index (χ0) is 15.8. The number of nitrogens with zero attached hydrogens (tertiary/aromatic N) is 1. The van der Waals surface area contributed by atoms with Gasteiger partial charge in [0.25, 0.3) is 0 Å². The number of aromatic nitrogens is 1. The third-order valence-electron chi connectivity index (χ3n) is 3.50. The lowest BCUT2D eigenvalue weighted by atomic mass is 10.0. The Kier molecular flexibility index (Phi) is 5.83. The van der Waals surface area contributed by atoms with Crippen molar-refractivity contribution < 1.29 is 9.59 Å². The molecule has 2 rings (SSSR count). The van der Waals surface area contributed by atoms with Crippen LogP contribution < -0.4 is 5.32 Å². The normalized spacial score (nSPS) is 10.2. The van der Waals surface area contributed by atoms with Crippen LogP contribution >= 0.6 is 0 Å². The number of pyridine rings is 1. The molecule has 0 spiro atoms. The third-order valence-corrected chi connectivity index (χ3v) is 3.50. The molecule has 1 aromatic heterocycles. The summed E-state index contributed by atoms with van der Waals surface area (Å²) in [6, 6.07) is 11.3. The number of nitrogens with one attached hydrogen (secondary N) is 1. The molecular weight excluding hydrogens is 276 g/mol. The van der Waals surface area contributed by atoms with E-state index in [0.717, 1.165) is 12.0 Å². The van der Waals surface area contributed by atoms with E-state index in [2.05, 4.69) is 17.2 Å². The maximum Gasteiger partial charge on any atom is 0.220 e. The smallest absolute Gasteiger partial charge is 0.220 e. The zero-order valence-corrected chi connectivity index (χ0v) is 12.7. The monoisotopic (exact) mass is 296 g/mol. The summed E-state index contributed by atoms with van der Waals surface area (Å²) >= 11 is 0. The molecule has 2 aromatic rings. The molecule has 0 aliphatic heterocycles. The van der Waals surface area contributed by atoms with Crippen LogP contribution in [0.15, 0.2) is 48.8 Å². The van der Waals surface area contributed by atoms with Gasteiger partial charge in [-0.15, -0.1) is 0 Å². The fraction of sp³-hybridized carbons (Fsp3) is 0.278. The van der Waals surface area contributed by atoms with Crippen LogP contribution in [0, 0.1) is 0 Å². The minimum Gasteiger partial charge on any atom is -0.352 e. The van der Waals surface area contributed by atoms with Gasteiger partial charge in [0.05, 0.1) is 0 Å². The van der Waals surface area contributed by atoms with Gasteiger partial charge in [-0.05, 0) is 29.7 Å². The molecule has 0 saturated heterocycles. The van der Waals surface area contributed by atoms with Crippen molar-refractivity contribution in [3.05, 3.63) is 65.5 Å². The number of aryl methyl sites for hydroxylation is 1. The van der Waals surface area contributed by atoms with Crippen LogP contribution in [-0.4, -0.2) is 16.7 Å². The number of carbonyl (C=O) groups excluding carboxylic acids is 2. The molecule has 22 heavy (non-hydrogen) atoms. The lowest BCUT2D eigenvalue weighted by Gasteiger charge is -2.05. The van der Waals surface area contributed by atoms with Crippen molar-refractivity contribution in [2.24, 2.45) is 0 Å². The summed E-state index contributed by atoms with van der Waals surface area (Å²) in [6.45, 7) is 2.53. The number of hydrogen-bond acceptors (Lipinski definition) is 3. The average molecular weight is 296 g/mol. The highest BCUT2D eigenvalue weighted by molar-refractivity contribution is 5.97. The molecule has 114 valence electrons. The van der Waals surface area contributed by atoms with E-state index in [1.54, 1.807) is 12.4 Å². The van der Waals surface area contributed by atoms with E-state index >= 15 is 0 Å². The summed E-state index contributed by atoms with van der Waals surface area (Å²) < 4.78 is 0. The van der Waals surface area contributed by atoms with Crippen molar-refractivity contribution >= 4 is 11.7 Å². The molecular formula is C18H20N2O2. The van der Waals surface area contributed by atoms with Gasteiger partial charge in [0.15, 0.2) is 5.78 Å². The molecule has 0 aliphatic rings. The van der Waals surface area contributed by atoms with Crippen LogP contribution in [-0.2, 0) is 17.8 Å². The first-order valence-corrected chi connectivity index (χ1v) is 7.46. The Labute approximate surface area is 130 Å². The zero-order valence-electron chi connectivity index (χ0n) is 12.7. The average Bonchev–Trinajstić information content (AvgIpc) is 2.58. The first kappa shape index (κ1) is 15.9. The molecule has 0 saturated carbocycles. The van der Waals surface area contributed by atoms with Crippen molar-refractivity contribution in [1.82, 2.24) is 10.3 Å². The lowest BCUT2D eigenvalue weighted by molar-refractivity contribution is -0.121. The summed E-state index contributed by atoms with van der Waals surface area (Å²) in [7, 11) is 0. The Balaban J connectivity index is 1.76. The second-order valence-electron chi connectivity index (χ2n) is 5.11. The number of amides is 1. The Morgan fingerprint density at radius 2 is 1.64 bits per heavy atom. The van der Waals surface area contributed by atoms with Crippen LogP contribution in [0.5, 0.6) is 0 Å². The number of ketones is 1. The second-order valence-corrected chi connectivity index (χ2v) is 5.11. The largest absolute Gasteiger partial charge is 0.352 e. The summed E-state index contributed by atoms with van der Waals surface area (Å²) in [5.41, 5.74) is 2.86. The molecule has 1 N–H and O–H groups in total. The molecule has 1 heterocycles. The number of benzene rings is 1. The predicted octanol–water partition coefficient (Wildman–Crippen LogP) is 2.92. The highest BCUT2D eigenvalue weighted by atomic mass is 16.2. The fourth-order valence-electron chi connectivity index (χ4n) is 2.09. The van der Waals surface area contributed by atoms with Crippen LogP contribution in [0.3, 0.4) is 0 Å². The molecule has 0 unspecified atom stereocenters. The predicted molar refractivity (Wildman–Crippen MR) is 85.5 cm³/mol. The Bertz CT molecular complexity index is 621. The number of Topliss-reactive ketones (excluding diaryl/α,β-unsaturated/α-hetero) is 1. The number of hydrogen-bond donors (Lipinski definition) is 1.